The maximum absolute atomic E-state index is 12.1. The number of ether oxygens (including phenoxy) is 1. The van der Waals surface area contributed by atoms with E-state index in [1.165, 1.54) is 6.21 Å². The number of benzene rings is 2. The Hall–Kier alpha value is -2.78. The number of anilines is 1. The number of aryl methyl sites for hydroxylation is 2. The summed E-state index contributed by atoms with van der Waals surface area (Å²) >= 11 is 3.44. The molecule has 2 N–H and O–H groups in total. The van der Waals surface area contributed by atoms with E-state index in [1.54, 1.807) is 36.7 Å². The minimum atomic E-state index is -0.838. The molecule has 0 atom stereocenters. The first-order valence-corrected chi connectivity index (χ1v) is 11.6. The first-order chi connectivity index (χ1) is 15.0. The van der Waals surface area contributed by atoms with Crippen LogP contribution in [0.1, 0.15) is 22.3 Å². The van der Waals surface area contributed by atoms with Gasteiger partial charge in [0.05, 0.1) is 19.9 Å². The van der Waals surface area contributed by atoms with Crippen LogP contribution in [0.4, 0.5) is 5.69 Å². The summed E-state index contributed by atoms with van der Waals surface area (Å²) in [6, 6.07) is 11.1. The number of nitrogens with one attached hydrogen (secondary N) is 2. The normalized spacial score (nSPS) is 13.2. The Morgan fingerprint density at radius 3 is 2.74 bits per heavy atom. The Labute approximate surface area is 190 Å². The molecule has 0 aliphatic carbocycles. The van der Waals surface area contributed by atoms with Crippen LogP contribution in [0.15, 0.2) is 46.5 Å². The second-order valence-corrected chi connectivity index (χ2v) is 9.11. The van der Waals surface area contributed by atoms with E-state index in [0.717, 1.165) is 50.4 Å². The van der Waals surface area contributed by atoms with E-state index >= 15 is 0 Å². The van der Waals surface area contributed by atoms with E-state index in [-0.39, 0.29) is 0 Å². The summed E-state index contributed by atoms with van der Waals surface area (Å²) in [5, 5.41) is 6.48. The van der Waals surface area contributed by atoms with E-state index in [2.05, 4.69) is 20.8 Å². The lowest BCUT2D eigenvalue weighted by atomic mass is 10.1. The summed E-state index contributed by atoms with van der Waals surface area (Å²) in [7, 11) is 1.63. The largest absolute Gasteiger partial charge is 0.496 e. The Morgan fingerprint density at radius 1 is 1.19 bits per heavy atom. The molecule has 0 aromatic heterocycles. The van der Waals surface area contributed by atoms with E-state index in [9.17, 15) is 9.59 Å². The lowest BCUT2D eigenvalue weighted by Gasteiger charge is -2.09. The predicted octanol–water partition coefficient (Wildman–Crippen LogP) is 3.74. The van der Waals surface area contributed by atoms with Crippen molar-refractivity contribution in [3.05, 3.63) is 58.7 Å². The number of nitrogens with zero attached hydrogens (tertiary/aromatic N) is 2. The maximum atomic E-state index is 12.1. The van der Waals surface area contributed by atoms with Gasteiger partial charge in [-0.2, -0.15) is 5.10 Å². The molecule has 7 nitrogen and oxygen atoms in total. The topological polar surface area (TPSA) is 92.1 Å². The Bertz CT molecular complexity index is 1040. The van der Waals surface area contributed by atoms with Gasteiger partial charge in [0.2, 0.25) is 0 Å². The van der Waals surface area contributed by atoms with Gasteiger partial charge in [-0.25, -0.2) is 5.43 Å². The number of carbonyl (C=O) groups is 2. The SMILES string of the molecule is COc1ccc(/C=N/NC(=O)C(=O)Nc2ccc(C)c(C)c2)cc1CSC1=NCCS1. The number of carbonyl (C=O) groups excluding carboxylic acids is 2. The van der Waals surface area contributed by atoms with Crippen molar-refractivity contribution >= 4 is 51.6 Å². The number of amides is 2. The third-order valence-electron chi connectivity index (χ3n) is 4.56. The molecular weight excluding hydrogens is 432 g/mol. The number of rotatable bonds is 6. The van der Waals surface area contributed by atoms with Crippen LogP contribution in [0.25, 0.3) is 0 Å². The maximum Gasteiger partial charge on any atom is 0.329 e. The molecule has 0 saturated heterocycles. The van der Waals surface area contributed by atoms with Gasteiger partial charge in [-0.1, -0.05) is 29.6 Å². The molecule has 31 heavy (non-hydrogen) atoms. The fourth-order valence-electron chi connectivity index (χ4n) is 2.76. The van der Waals surface area contributed by atoms with Crippen LogP contribution in [0.3, 0.4) is 0 Å². The molecule has 3 rings (SSSR count). The highest BCUT2D eigenvalue weighted by atomic mass is 32.2. The molecule has 1 aliphatic heterocycles. The van der Waals surface area contributed by atoms with Gasteiger partial charge in [-0.3, -0.25) is 14.6 Å². The third-order valence-corrected chi connectivity index (χ3v) is 6.87. The third kappa shape index (κ3) is 6.60. The highest BCUT2D eigenvalue weighted by Crippen LogP contribution is 2.29. The van der Waals surface area contributed by atoms with Gasteiger partial charge >= 0.3 is 11.8 Å². The molecule has 0 spiro atoms. The number of aliphatic imine (C=N–C) groups is 1. The molecule has 1 aliphatic rings. The van der Waals surface area contributed by atoms with Gasteiger partial charge < -0.3 is 10.1 Å². The number of methoxy groups -OCH3 is 1. The van der Waals surface area contributed by atoms with Crippen molar-refractivity contribution in [2.75, 3.05) is 24.7 Å². The quantitative estimate of drug-likeness (QED) is 0.393. The standard InChI is InChI=1S/C22H24N4O3S2/c1-14-4-6-18(10-15(14)2)25-20(27)21(28)26-24-12-16-5-7-19(29-3)17(11-16)13-31-22-23-8-9-30-22/h4-7,10-12H,8-9,13H2,1-3H3,(H,25,27)(H,26,28)/b24-12+. The summed E-state index contributed by atoms with van der Waals surface area (Å²) in [6.07, 6.45) is 1.50. The molecule has 0 bridgehead atoms. The van der Waals surface area contributed by atoms with Crippen LogP contribution in [0.5, 0.6) is 5.75 Å². The van der Waals surface area contributed by atoms with Crippen molar-refractivity contribution in [1.29, 1.82) is 0 Å². The molecule has 2 aromatic carbocycles. The van der Waals surface area contributed by atoms with Crippen LogP contribution in [0.2, 0.25) is 0 Å². The zero-order chi connectivity index (χ0) is 22.2. The highest BCUT2D eigenvalue weighted by molar-refractivity contribution is 8.38. The van der Waals surface area contributed by atoms with Crippen LogP contribution < -0.4 is 15.5 Å². The van der Waals surface area contributed by atoms with Crippen LogP contribution in [0, 0.1) is 13.8 Å². The molecule has 0 radical (unpaired) electrons. The molecule has 2 amide bonds. The van der Waals surface area contributed by atoms with Crippen molar-refractivity contribution < 1.29 is 14.3 Å². The zero-order valence-electron chi connectivity index (χ0n) is 17.6. The minimum absolute atomic E-state index is 0.564. The molecule has 0 fully saturated rings. The van der Waals surface area contributed by atoms with Crippen LogP contribution in [-0.2, 0) is 15.3 Å². The molecular formula is C22H24N4O3S2. The summed E-state index contributed by atoms with van der Waals surface area (Å²) in [5.41, 5.74) is 6.76. The van der Waals surface area contributed by atoms with E-state index in [1.807, 2.05) is 44.2 Å². The van der Waals surface area contributed by atoms with Crippen LogP contribution in [-0.4, -0.2) is 41.8 Å². The first-order valence-electron chi connectivity index (χ1n) is 9.65. The minimum Gasteiger partial charge on any atom is -0.496 e. The van der Waals surface area contributed by atoms with Crippen molar-refractivity contribution in [1.82, 2.24) is 5.43 Å². The van der Waals surface area contributed by atoms with E-state index in [0.29, 0.717) is 5.69 Å². The van der Waals surface area contributed by atoms with Gasteiger partial charge in [-0.15, -0.1) is 0 Å². The summed E-state index contributed by atoms with van der Waals surface area (Å²) in [5.74, 6) is 0.923. The second-order valence-electron chi connectivity index (χ2n) is 6.81. The lowest BCUT2D eigenvalue weighted by Crippen LogP contribution is -2.32. The Balaban J connectivity index is 1.57. The number of hydrogen-bond acceptors (Lipinski definition) is 7. The Morgan fingerprint density at radius 2 is 2.03 bits per heavy atom. The summed E-state index contributed by atoms with van der Waals surface area (Å²) in [4.78, 5) is 28.5. The molecule has 9 heteroatoms. The van der Waals surface area contributed by atoms with Crippen molar-refractivity contribution in [3.63, 3.8) is 0 Å². The highest BCUT2D eigenvalue weighted by Gasteiger charge is 2.13. The fourth-order valence-corrected chi connectivity index (χ4v) is 4.74. The van der Waals surface area contributed by atoms with Crippen molar-refractivity contribution in [2.45, 2.75) is 19.6 Å². The zero-order valence-corrected chi connectivity index (χ0v) is 19.2. The summed E-state index contributed by atoms with van der Waals surface area (Å²) < 4.78 is 6.52. The number of thioether (sulfide) groups is 2. The average Bonchev–Trinajstić information content (AvgIpc) is 3.28. The van der Waals surface area contributed by atoms with Gasteiger partial charge in [0, 0.05) is 22.8 Å². The summed E-state index contributed by atoms with van der Waals surface area (Å²) in [6.45, 7) is 4.79. The van der Waals surface area contributed by atoms with Gasteiger partial charge in [0.25, 0.3) is 0 Å². The average molecular weight is 457 g/mol. The second kappa shape index (κ2) is 11.0. The first kappa shape index (κ1) is 22.9. The molecule has 0 saturated carbocycles. The van der Waals surface area contributed by atoms with Crippen molar-refractivity contribution in [2.24, 2.45) is 10.1 Å². The van der Waals surface area contributed by atoms with Crippen molar-refractivity contribution in [3.8, 4) is 5.75 Å². The Kier molecular flexibility index (Phi) is 8.13. The molecule has 162 valence electrons. The van der Waals surface area contributed by atoms with E-state index in [4.69, 9.17) is 4.74 Å². The smallest absolute Gasteiger partial charge is 0.329 e. The number of hydrazone groups is 1. The van der Waals surface area contributed by atoms with Gasteiger partial charge in [0.15, 0.2) is 0 Å². The monoisotopic (exact) mass is 456 g/mol. The number of hydrogen-bond donors (Lipinski definition) is 2. The van der Waals surface area contributed by atoms with Gasteiger partial charge in [-0.05, 0) is 60.9 Å². The molecule has 1 heterocycles. The van der Waals surface area contributed by atoms with E-state index < -0.39 is 11.8 Å². The molecule has 2 aromatic rings. The lowest BCUT2D eigenvalue weighted by molar-refractivity contribution is -0.136. The fraction of sp³-hybridized carbons (Fsp3) is 0.273. The van der Waals surface area contributed by atoms with Crippen LogP contribution >= 0.6 is 23.5 Å². The molecule has 0 unspecified atom stereocenters. The predicted molar refractivity (Wildman–Crippen MR) is 129 cm³/mol. The van der Waals surface area contributed by atoms with Gasteiger partial charge in [0.1, 0.15) is 10.1 Å².